The Hall–Kier alpha value is -3.15. The number of aromatic nitrogens is 3. The Kier molecular flexibility index (Phi) is 5.89. The van der Waals surface area contributed by atoms with Crippen molar-refractivity contribution in [2.75, 3.05) is 12.4 Å². The third-order valence-corrected chi connectivity index (χ3v) is 5.29. The third kappa shape index (κ3) is 4.65. The molecule has 0 fully saturated rings. The van der Waals surface area contributed by atoms with Gasteiger partial charge in [0.05, 0.1) is 7.11 Å². The summed E-state index contributed by atoms with van der Waals surface area (Å²) in [4.78, 5) is 12.4. The van der Waals surface area contributed by atoms with Crippen molar-refractivity contribution < 1.29 is 9.53 Å². The molecule has 29 heavy (non-hydrogen) atoms. The van der Waals surface area contributed by atoms with E-state index in [1.54, 1.807) is 7.11 Å². The maximum Gasteiger partial charge on any atom is 0.224 e. The van der Waals surface area contributed by atoms with Gasteiger partial charge in [-0.1, -0.05) is 30.7 Å². The minimum Gasteiger partial charge on any atom is -0.497 e. The van der Waals surface area contributed by atoms with Gasteiger partial charge in [0.15, 0.2) is 5.82 Å². The number of carbonyl (C=O) groups excluding carboxylic acids is 1. The van der Waals surface area contributed by atoms with Crippen LogP contribution in [0.2, 0.25) is 0 Å². The van der Waals surface area contributed by atoms with Gasteiger partial charge in [0, 0.05) is 30.6 Å². The Morgan fingerprint density at radius 2 is 2.00 bits per heavy atom. The number of amides is 1. The second-order valence-electron chi connectivity index (χ2n) is 7.38. The lowest BCUT2D eigenvalue weighted by molar-refractivity contribution is -0.116. The summed E-state index contributed by atoms with van der Waals surface area (Å²) in [7, 11) is 1.65. The summed E-state index contributed by atoms with van der Waals surface area (Å²) in [5, 5.41) is 11.8. The molecular formula is C23H26N4O2. The van der Waals surface area contributed by atoms with Crippen LogP contribution < -0.4 is 10.1 Å². The summed E-state index contributed by atoms with van der Waals surface area (Å²) in [6.07, 6.45) is 5.61. The normalized spacial score (nSPS) is 13.4. The number of fused-ring (bicyclic) bond motifs is 1. The van der Waals surface area contributed by atoms with E-state index in [0.29, 0.717) is 12.8 Å². The number of aryl methyl sites for hydroxylation is 2. The van der Waals surface area contributed by atoms with Crippen molar-refractivity contribution in [3.05, 3.63) is 59.9 Å². The zero-order valence-corrected chi connectivity index (χ0v) is 16.7. The zero-order chi connectivity index (χ0) is 20.1. The molecule has 0 saturated carbocycles. The van der Waals surface area contributed by atoms with Gasteiger partial charge in [-0.3, -0.25) is 4.79 Å². The van der Waals surface area contributed by atoms with E-state index < -0.39 is 0 Å². The first kappa shape index (κ1) is 19.2. The summed E-state index contributed by atoms with van der Waals surface area (Å²) in [6.45, 7) is 0.953. The van der Waals surface area contributed by atoms with Crippen molar-refractivity contribution in [2.45, 2.75) is 45.1 Å². The van der Waals surface area contributed by atoms with E-state index in [0.717, 1.165) is 53.6 Å². The summed E-state index contributed by atoms with van der Waals surface area (Å²) in [5.74, 6) is 2.74. The molecule has 6 heteroatoms. The highest BCUT2D eigenvalue weighted by Crippen LogP contribution is 2.25. The second-order valence-corrected chi connectivity index (χ2v) is 7.38. The van der Waals surface area contributed by atoms with Gasteiger partial charge in [0.25, 0.3) is 0 Å². The van der Waals surface area contributed by atoms with Crippen LogP contribution in [0.15, 0.2) is 48.5 Å². The Balaban J connectivity index is 1.42. The summed E-state index contributed by atoms with van der Waals surface area (Å²) >= 11 is 0. The molecule has 0 atom stereocenters. The Morgan fingerprint density at radius 3 is 2.90 bits per heavy atom. The summed E-state index contributed by atoms with van der Waals surface area (Å²) < 4.78 is 7.46. The van der Waals surface area contributed by atoms with E-state index in [9.17, 15) is 4.79 Å². The molecule has 1 aliphatic heterocycles. The molecule has 0 unspecified atom stereocenters. The summed E-state index contributed by atoms with van der Waals surface area (Å²) in [6, 6.07) is 15.7. The highest BCUT2D eigenvalue weighted by atomic mass is 16.5. The van der Waals surface area contributed by atoms with Crippen LogP contribution in [0.1, 0.15) is 37.1 Å². The molecule has 2 aromatic carbocycles. The number of anilines is 1. The molecule has 4 rings (SSSR count). The predicted octanol–water partition coefficient (Wildman–Crippen LogP) is 4.25. The molecule has 0 bridgehead atoms. The van der Waals surface area contributed by atoms with Crippen LogP contribution in [0, 0.1) is 0 Å². The highest BCUT2D eigenvalue weighted by molar-refractivity contribution is 5.91. The number of carbonyl (C=O) groups is 1. The Labute approximate surface area is 170 Å². The number of nitrogens with one attached hydrogen (secondary N) is 1. The Bertz CT molecular complexity index is 996. The van der Waals surface area contributed by atoms with Gasteiger partial charge in [-0.15, -0.1) is 10.2 Å². The average Bonchev–Trinajstić information content (AvgIpc) is 3.01. The van der Waals surface area contributed by atoms with Crippen LogP contribution in [0.25, 0.3) is 11.4 Å². The number of hydrogen-bond donors (Lipinski definition) is 1. The highest BCUT2D eigenvalue weighted by Gasteiger charge is 2.16. The smallest absolute Gasteiger partial charge is 0.224 e. The zero-order valence-electron chi connectivity index (χ0n) is 16.7. The number of hydrogen-bond acceptors (Lipinski definition) is 4. The van der Waals surface area contributed by atoms with E-state index in [2.05, 4.69) is 20.1 Å². The monoisotopic (exact) mass is 390 g/mol. The molecule has 2 heterocycles. The quantitative estimate of drug-likeness (QED) is 0.683. The van der Waals surface area contributed by atoms with Gasteiger partial charge in [0.2, 0.25) is 5.91 Å². The van der Waals surface area contributed by atoms with Crippen molar-refractivity contribution >= 4 is 11.6 Å². The van der Waals surface area contributed by atoms with E-state index in [1.807, 2.05) is 48.5 Å². The molecular weight excluding hydrogens is 364 g/mol. The lowest BCUT2D eigenvalue weighted by Crippen LogP contribution is -2.12. The minimum absolute atomic E-state index is 0.00922. The first-order valence-corrected chi connectivity index (χ1v) is 10.2. The topological polar surface area (TPSA) is 69.0 Å². The van der Waals surface area contributed by atoms with Crippen LogP contribution in [0.5, 0.6) is 5.75 Å². The van der Waals surface area contributed by atoms with Crippen molar-refractivity contribution in [1.82, 2.24) is 14.8 Å². The number of rotatable bonds is 6. The first-order valence-electron chi connectivity index (χ1n) is 10.2. The van der Waals surface area contributed by atoms with Crippen molar-refractivity contribution in [1.29, 1.82) is 0 Å². The summed E-state index contributed by atoms with van der Waals surface area (Å²) in [5.41, 5.74) is 2.85. The van der Waals surface area contributed by atoms with E-state index in [-0.39, 0.29) is 5.91 Å². The molecule has 1 N–H and O–H groups in total. The molecule has 0 aliphatic carbocycles. The van der Waals surface area contributed by atoms with Gasteiger partial charge in [-0.05, 0) is 49.1 Å². The van der Waals surface area contributed by atoms with Crippen LogP contribution in [0.4, 0.5) is 5.69 Å². The molecule has 150 valence electrons. The van der Waals surface area contributed by atoms with Gasteiger partial charge < -0.3 is 14.6 Å². The van der Waals surface area contributed by atoms with E-state index >= 15 is 0 Å². The molecule has 1 amide bonds. The van der Waals surface area contributed by atoms with Gasteiger partial charge in [-0.25, -0.2) is 0 Å². The lowest BCUT2D eigenvalue weighted by Gasteiger charge is -2.10. The minimum atomic E-state index is -0.00922. The fraction of sp³-hybridized carbons (Fsp3) is 0.348. The van der Waals surface area contributed by atoms with Crippen molar-refractivity contribution in [2.24, 2.45) is 0 Å². The second kappa shape index (κ2) is 8.90. The van der Waals surface area contributed by atoms with Crippen LogP contribution in [-0.2, 0) is 24.2 Å². The number of methoxy groups -OCH3 is 1. The van der Waals surface area contributed by atoms with E-state index in [1.165, 1.54) is 12.8 Å². The third-order valence-electron chi connectivity index (χ3n) is 5.29. The largest absolute Gasteiger partial charge is 0.497 e. The SMILES string of the molecule is COc1cccc(CCC(=O)Nc2cccc(-c3nnc4n3CCCCC4)c2)c1. The fourth-order valence-electron chi connectivity index (χ4n) is 3.74. The number of nitrogens with zero attached hydrogens (tertiary/aromatic N) is 3. The molecule has 6 nitrogen and oxygen atoms in total. The molecule has 1 aliphatic rings. The average molecular weight is 390 g/mol. The van der Waals surface area contributed by atoms with Gasteiger partial charge in [0.1, 0.15) is 11.6 Å². The first-order chi connectivity index (χ1) is 14.2. The molecule has 0 radical (unpaired) electrons. The molecule has 1 aromatic heterocycles. The van der Waals surface area contributed by atoms with Crippen LogP contribution >= 0.6 is 0 Å². The molecule has 0 saturated heterocycles. The molecule has 0 spiro atoms. The van der Waals surface area contributed by atoms with Crippen molar-refractivity contribution in [3.63, 3.8) is 0 Å². The number of ether oxygens (including phenoxy) is 1. The van der Waals surface area contributed by atoms with Crippen molar-refractivity contribution in [3.8, 4) is 17.1 Å². The predicted molar refractivity (Wildman–Crippen MR) is 113 cm³/mol. The van der Waals surface area contributed by atoms with Gasteiger partial charge >= 0.3 is 0 Å². The van der Waals surface area contributed by atoms with E-state index in [4.69, 9.17) is 4.74 Å². The number of benzene rings is 2. The Morgan fingerprint density at radius 1 is 1.10 bits per heavy atom. The maximum atomic E-state index is 12.4. The standard InChI is InChI=1S/C23H26N4O2/c1-29-20-10-5-7-17(15-20)12-13-22(28)24-19-9-6-8-18(16-19)23-26-25-21-11-3-2-4-14-27(21)23/h5-10,15-16H,2-4,11-14H2,1H3,(H,24,28). The van der Waals surface area contributed by atoms with Gasteiger partial charge in [-0.2, -0.15) is 0 Å². The fourth-order valence-corrected chi connectivity index (χ4v) is 3.74. The lowest BCUT2D eigenvalue weighted by atomic mass is 10.1. The maximum absolute atomic E-state index is 12.4. The molecule has 3 aromatic rings. The van der Waals surface area contributed by atoms with Crippen LogP contribution in [-0.4, -0.2) is 27.8 Å². The van der Waals surface area contributed by atoms with Crippen LogP contribution in [0.3, 0.4) is 0 Å².